The lowest BCUT2D eigenvalue weighted by Crippen LogP contribution is -2.10. The van der Waals surface area contributed by atoms with Gasteiger partial charge in [-0.15, -0.1) is 0 Å². The zero-order valence-electron chi connectivity index (χ0n) is 9.40. The highest BCUT2D eigenvalue weighted by Gasteiger charge is 1.97. The molecule has 5 heteroatoms. The van der Waals surface area contributed by atoms with Gasteiger partial charge in [0.2, 0.25) is 0 Å². The van der Waals surface area contributed by atoms with Gasteiger partial charge in [0.05, 0.1) is 0 Å². The fourth-order valence-electron chi connectivity index (χ4n) is 1.23. The van der Waals surface area contributed by atoms with Crippen molar-refractivity contribution in [2.75, 3.05) is 23.9 Å². The molecule has 0 saturated carbocycles. The van der Waals surface area contributed by atoms with Crippen LogP contribution in [0.5, 0.6) is 0 Å². The lowest BCUT2D eigenvalue weighted by Gasteiger charge is -2.05. The second-order valence-electron chi connectivity index (χ2n) is 3.42. The highest BCUT2D eigenvalue weighted by atomic mass is 32.2. The molecule has 0 aliphatic heterocycles. The van der Waals surface area contributed by atoms with E-state index in [2.05, 4.69) is 16.6 Å². The number of hydrogen-bond acceptors (Lipinski definition) is 4. The van der Waals surface area contributed by atoms with Gasteiger partial charge in [0.15, 0.2) is 0 Å². The van der Waals surface area contributed by atoms with Crippen LogP contribution in [-0.4, -0.2) is 28.5 Å². The third-order valence-electron chi connectivity index (χ3n) is 2.13. The van der Waals surface area contributed by atoms with Crippen molar-refractivity contribution >= 4 is 34.8 Å². The molecule has 0 amide bonds. The summed E-state index contributed by atoms with van der Waals surface area (Å²) in [6, 6.07) is 3.79. The van der Waals surface area contributed by atoms with E-state index in [0.29, 0.717) is 4.99 Å². The number of thiocarbonyl (C=S) groups is 1. The highest BCUT2D eigenvalue weighted by molar-refractivity contribution is 7.98. The molecule has 0 atom stereocenters. The van der Waals surface area contributed by atoms with Crippen molar-refractivity contribution < 1.29 is 0 Å². The normalized spacial score (nSPS) is 10.1. The van der Waals surface area contributed by atoms with Crippen LogP contribution in [0, 0.1) is 0 Å². The van der Waals surface area contributed by atoms with Crippen molar-refractivity contribution in [2.24, 2.45) is 5.73 Å². The van der Waals surface area contributed by atoms with E-state index >= 15 is 0 Å². The Balaban J connectivity index is 2.29. The molecule has 0 aliphatic carbocycles. The first kappa shape index (κ1) is 13.3. The zero-order valence-corrected chi connectivity index (χ0v) is 11.0. The fourth-order valence-corrected chi connectivity index (χ4v) is 1.85. The monoisotopic (exact) mass is 255 g/mol. The molecular formula is C11H17N3S2. The summed E-state index contributed by atoms with van der Waals surface area (Å²) in [6.07, 6.45) is 6.23. The first-order chi connectivity index (χ1) is 7.74. The highest BCUT2D eigenvalue weighted by Crippen LogP contribution is 2.06. The van der Waals surface area contributed by atoms with Crippen molar-refractivity contribution in [3.63, 3.8) is 0 Å². The second-order valence-corrected chi connectivity index (χ2v) is 4.85. The molecule has 0 aromatic carbocycles. The molecule has 0 unspecified atom stereocenters. The van der Waals surface area contributed by atoms with E-state index in [1.54, 1.807) is 6.20 Å². The molecule has 0 spiro atoms. The van der Waals surface area contributed by atoms with Gasteiger partial charge in [-0.05, 0) is 37.0 Å². The largest absolute Gasteiger partial charge is 0.389 e. The number of rotatable bonds is 7. The van der Waals surface area contributed by atoms with Gasteiger partial charge in [0.25, 0.3) is 0 Å². The summed E-state index contributed by atoms with van der Waals surface area (Å²) in [6.45, 7) is 0.958. The van der Waals surface area contributed by atoms with Gasteiger partial charge in [0.1, 0.15) is 10.8 Å². The Morgan fingerprint density at radius 3 is 2.88 bits per heavy atom. The summed E-state index contributed by atoms with van der Waals surface area (Å²) in [5, 5.41) is 3.27. The Labute approximate surface area is 106 Å². The molecule has 3 N–H and O–H groups in total. The number of nitrogens with one attached hydrogen (secondary N) is 1. The van der Waals surface area contributed by atoms with Gasteiger partial charge in [-0.3, -0.25) is 0 Å². The third-order valence-corrected chi connectivity index (χ3v) is 3.06. The first-order valence-electron chi connectivity index (χ1n) is 5.22. The smallest absolute Gasteiger partial charge is 0.125 e. The van der Waals surface area contributed by atoms with Gasteiger partial charge in [-0.1, -0.05) is 12.2 Å². The SMILES string of the molecule is CSCCCCNc1ccc(C(N)=S)cn1. The Morgan fingerprint density at radius 2 is 2.31 bits per heavy atom. The van der Waals surface area contributed by atoms with Gasteiger partial charge in [-0.2, -0.15) is 11.8 Å². The average Bonchev–Trinajstić information content (AvgIpc) is 2.29. The fraction of sp³-hybridized carbons (Fsp3) is 0.455. The van der Waals surface area contributed by atoms with E-state index in [9.17, 15) is 0 Å². The number of anilines is 1. The quantitative estimate of drug-likeness (QED) is 0.578. The van der Waals surface area contributed by atoms with Crippen LogP contribution in [0.1, 0.15) is 18.4 Å². The van der Waals surface area contributed by atoms with Gasteiger partial charge in [0, 0.05) is 18.3 Å². The van der Waals surface area contributed by atoms with Crippen molar-refractivity contribution in [1.29, 1.82) is 0 Å². The Hall–Kier alpha value is -0.810. The molecule has 88 valence electrons. The predicted octanol–water partition coefficient (Wildman–Crippen LogP) is 2.27. The number of thioether (sulfide) groups is 1. The number of nitrogens with two attached hydrogens (primary N) is 1. The molecule has 0 fully saturated rings. The van der Waals surface area contributed by atoms with Crippen molar-refractivity contribution in [3.05, 3.63) is 23.9 Å². The van der Waals surface area contributed by atoms with E-state index < -0.39 is 0 Å². The molecule has 1 aromatic heterocycles. The second kappa shape index (κ2) is 7.46. The molecule has 0 radical (unpaired) electrons. The van der Waals surface area contributed by atoms with Crippen molar-refractivity contribution in [1.82, 2.24) is 4.98 Å². The molecule has 1 heterocycles. The number of nitrogens with zero attached hydrogens (tertiary/aromatic N) is 1. The molecule has 0 aliphatic rings. The number of pyridine rings is 1. The predicted molar refractivity (Wildman–Crippen MR) is 76.2 cm³/mol. The maximum atomic E-state index is 5.49. The number of hydrogen-bond donors (Lipinski definition) is 2. The van der Waals surface area contributed by atoms with Crippen molar-refractivity contribution in [3.8, 4) is 0 Å². The lowest BCUT2D eigenvalue weighted by molar-refractivity contribution is 0.840. The summed E-state index contributed by atoms with van der Waals surface area (Å²) in [7, 11) is 0. The summed E-state index contributed by atoms with van der Waals surface area (Å²) in [5.74, 6) is 2.10. The maximum absolute atomic E-state index is 5.49. The van der Waals surface area contributed by atoms with Crippen LogP contribution in [0.2, 0.25) is 0 Å². The van der Waals surface area contributed by atoms with Crippen LogP contribution < -0.4 is 11.1 Å². The van der Waals surface area contributed by atoms with Crippen LogP contribution in [0.4, 0.5) is 5.82 Å². The molecule has 3 nitrogen and oxygen atoms in total. The van der Waals surface area contributed by atoms with E-state index in [1.807, 2.05) is 23.9 Å². The van der Waals surface area contributed by atoms with Crippen molar-refractivity contribution in [2.45, 2.75) is 12.8 Å². The van der Waals surface area contributed by atoms with Crippen LogP contribution in [-0.2, 0) is 0 Å². The minimum atomic E-state index is 0.388. The maximum Gasteiger partial charge on any atom is 0.125 e. The Bertz CT molecular complexity index is 325. The van der Waals surface area contributed by atoms with Gasteiger partial charge < -0.3 is 11.1 Å². The van der Waals surface area contributed by atoms with E-state index in [0.717, 1.165) is 17.9 Å². The average molecular weight is 255 g/mol. The molecule has 0 bridgehead atoms. The summed E-state index contributed by atoms with van der Waals surface area (Å²) < 4.78 is 0. The molecule has 16 heavy (non-hydrogen) atoms. The van der Waals surface area contributed by atoms with Crippen LogP contribution in [0.3, 0.4) is 0 Å². The third kappa shape index (κ3) is 4.81. The summed E-state index contributed by atoms with van der Waals surface area (Å²) in [5.41, 5.74) is 6.30. The number of aromatic nitrogens is 1. The van der Waals surface area contributed by atoms with E-state index in [-0.39, 0.29) is 0 Å². The molecule has 0 saturated heterocycles. The minimum absolute atomic E-state index is 0.388. The minimum Gasteiger partial charge on any atom is -0.389 e. The molecule has 1 aromatic rings. The zero-order chi connectivity index (χ0) is 11.8. The van der Waals surface area contributed by atoms with Crippen LogP contribution in [0.15, 0.2) is 18.3 Å². The summed E-state index contributed by atoms with van der Waals surface area (Å²) in [4.78, 5) is 4.62. The van der Waals surface area contributed by atoms with Gasteiger partial charge >= 0.3 is 0 Å². The molecule has 1 rings (SSSR count). The van der Waals surface area contributed by atoms with E-state index in [1.165, 1.54) is 18.6 Å². The number of unbranched alkanes of at least 4 members (excludes halogenated alkanes) is 1. The van der Waals surface area contributed by atoms with Gasteiger partial charge in [-0.25, -0.2) is 4.98 Å². The topological polar surface area (TPSA) is 50.9 Å². The Kier molecular flexibility index (Phi) is 6.18. The van der Waals surface area contributed by atoms with Crippen LogP contribution in [0.25, 0.3) is 0 Å². The van der Waals surface area contributed by atoms with Crippen LogP contribution >= 0.6 is 24.0 Å². The summed E-state index contributed by atoms with van der Waals surface area (Å²) >= 11 is 6.74. The molecular weight excluding hydrogens is 238 g/mol. The lowest BCUT2D eigenvalue weighted by atomic mass is 10.3. The standard InChI is InChI=1S/C11H17N3S2/c1-16-7-3-2-6-13-10-5-4-9(8-14-10)11(12)15/h4-5,8H,2-3,6-7H2,1H3,(H2,12,15)(H,13,14). The van der Waals surface area contributed by atoms with E-state index in [4.69, 9.17) is 18.0 Å². The Morgan fingerprint density at radius 1 is 1.50 bits per heavy atom. The first-order valence-corrected chi connectivity index (χ1v) is 7.03.